The van der Waals surface area contributed by atoms with Gasteiger partial charge in [0.15, 0.2) is 0 Å². The number of rotatable bonds is 8. The summed E-state index contributed by atoms with van der Waals surface area (Å²) in [5, 5.41) is 2.81. The highest BCUT2D eigenvalue weighted by Crippen LogP contribution is 2.37. The Morgan fingerprint density at radius 2 is 1.79 bits per heavy atom. The van der Waals surface area contributed by atoms with Crippen LogP contribution in [0.15, 0.2) is 36.7 Å². The molecule has 3 aliphatic rings. The third kappa shape index (κ3) is 4.84. The lowest BCUT2D eigenvalue weighted by Crippen LogP contribution is -2.49. The normalized spacial score (nSPS) is 17.7. The van der Waals surface area contributed by atoms with E-state index < -0.39 is 12.5 Å². The number of halogens is 2. The van der Waals surface area contributed by atoms with Crippen molar-refractivity contribution in [3.05, 3.63) is 42.2 Å². The van der Waals surface area contributed by atoms with Crippen LogP contribution in [0.4, 0.5) is 14.5 Å². The molecule has 0 spiro atoms. The highest BCUT2D eigenvalue weighted by atomic mass is 19.3. The van der Waals surface area contributed by atoms with Gasteiger partial charge in [-0.3, -0.25) is 14.0 Å². The number of ether oxygens (including phenoxy) is 2. The van der Waals surface area contributed by atoms with Crippen LogP contribution < -0.4 is 19.7 Å². The van der Waals surface area contributed by atoms with Gasteiger partial charge in [-0.1, -0.05) is 0 Å². The molecule has 3 aromatic rings. The number of methoxy groups -OCH3 is 1. The van der Waals surface area contributed by atoms with Crippen LogP contribution in [0.25, 0.3) is 16.9 Å². The third-order valence-electron chi connectivity index (χ3n) is 7.32. The van der Waals surface area contributed by atoms with Crippen molar-refractivity contribution >= 4 is 23.1 Å². The van der Waals surface area contributed by atoms with Gasteiger partial charge in [-0.15, -0.1) is 0 Å². The van der Waals surface area contributed by atoms with Crippen LogP contribution in [-0.2, 0) is 4.79 Å². The number of anilines is 1. The molecule has 0 unspecified atom stereocenters. The van der Waals surface area contributed by atoms with Gasteiger partial charge in [0.25, 0.3) is 5.91 Å². The zero-order valence-electron chi connectivity index (χ0n) is 21.0. The van der Waals surface area contributed by atoms with Gasteiger partial charge in [0, 0.05) is 61.7 Å². The number of carbonyl (C=O) groups is 2. The van der Waals surface area contributed by atoms with Gasteiger partial charge in [0.1, 0.15) is 22.7 Å². The van der Waals surface area contributed by atoms with E-state index >= 15 is 0 Å². The summed E-state index contributed by atoms with van der Waals surface area (Å²) in [6.07, 6.45) is 7.26. The number of alkyl halides is 2. The van der Waals surface area contributed by atoms with Crippen LogP contribution in [0.3, 0.4) is 0 Å². The van der Waals surface area contributed by atoms with Gasteiger partial charge in [-0.05, 0) is 43.9 Å². The fourth-order valence-electron chi connectivity index (χ4n) is 4.95. The maximum atomic E-state index is 13.3. The fourth-order valence-corrected chi connectivity index (χ4v) is 4.95. The lowest BCUT2D eigenvalue weighted by Gasteiger charge is -2.36. The third-order valence-corrected chi connectivity index (χ3v) is 7.32. The number of aromatic nitrogens is 2. The number of nitrogens with zero attached hydrogens (tertiary/aromatic N) is 4. The smallest absolute Gasteiger partial charge is 0.387 e. The Hall–Kier alpha value is -3.89. The summed E-state index contributed by atoms with van der Waals surface area (Å²) in [6.45, 7) is -0.204. The minimum Gasteiger partial charge on any atom is -0.496 e. The first-order valence-corrected chi connectivity index (χ1v) is 12.9. The van der Waals surface area contributed by atoms with Crippen LogP contribution in [0.5, 0.6) is 11.5 Å². The highest BCUT2D eigenvalue weighted by Gasteiger charge is 2.34. The molecule has 9 nitrogen and oxygen atoms in total. The predicted octanol–water partition coefficient (Wildman–Crippen LogP) is 3.56. The Labute approximate surface area is 218 Å². The number of benzene rings is 1. The Morgan fingerprint density at radius 3 is 2.45 bits per heavy atom. The van der Waals surface area contributed by atoms with Gasteiger partial charge in [-0.25, -0.2) is 4.98 Å². The van der Waals surface area contributed by atoms with Crippen molar-refractivity contribution in [3.8, 4) is 22.8 Å². The molecule has 11 heteroatoms. The van der Waals surface area contributed by atoms with Crippen LogP contribution in [-0.4, -0.2) is 72.0 Å². The van der Waals surface area contributed by atoms with Gasteiger partial charge < -0.3 is 24.6 Å². The number of hydrogen-bond acceptors (Lipinski definition) is 6. The van der Waals surface area contributed by atoms with E-state index in [-0.39, 0.29) is 34.9 Å². The maximum absolute atomic E-state index is 13.3. The molecule has 2 saturated carbocycles. The molecule has 3 heterocycles. The van der Waals surface area contributed by atoms with E-state index in [1.807, 2.05) is 27.6 Å². The summed E-state index contributed by atoms with van der Waals surface area (Å²) in [5.41, 5.74) is 2.78. The summed E-state index contributed by atoms with van der Waals surface area (Å²) in [4.78, 5) is 33.9. The molecule has 38 heavy (non-hydrogen) atoms. The molecule has 1 aromatic carbocycles. The van der Waals surface area contributed by atoms with E-state index in [0.29, 0.717) is 30.0 Å². The van der Waals surface area contributed by atoms with E-state index in [0.717, 1.165) is 44.5 Å². The van der Waals surface area contributed by atoms with E-state index in [1.54, 1.807) is 12.3 Å². The number of carbonyl (C=O) groups excluding carboxylic acids is 2. The number of nitrogens with one attached hydrogen (secondary N) is 1. The predicted molar refractivity (Wildman–Crippen MR) is 136 cm³/mol. The van der Waals surface area contributed by atoms with Crippen molar-refractivity contribution in [3.63, 3.8) is 0 Å². The maximum Gasteiger partial charge on any atom is 0.387 e. The molecule has 0 radical (unpaired) electrons. The molecule has 0 bridgehead atoms. The molecule has 200 valence electrons. The van der Waals surface area contributed by atoms with Crippen molar-refractivity contribution in [2.45, 2.75) is 38.3 Å². The number of pyridine rings is 1. The Kier molecular flexibility index (Phi) is 6.29. The highest BCUT2D eigenvalue weighted by molar-refractivity contribution is 6.01. The molecule has 2 amide bonds. The van der Waals surface area contributed by atoms with Gasteiger partial charge in [-0.2, -0.15) is 8.78 Å². The second-order valence-electron chi connectivity index (χ2n) is 10.0. The largest absolute Gasteiger partial charge is 0.496 e. The van der Waals surface area contributed by atoms with Crippen molar-refractivity contribution in [2.75, 3.05) is 38.2 Å². The van der Waals surface area contributed by atoms with Gasteiger partial charge in [0.2, 0.25) is 5.91 Å². The molecule has 2 aliphatic carbocycles. The summed E-state index contributed by atoms with van der Waals surface area (Å²) in [5.74, 6) is -0.111. The number of fused-ring (bicyclic) bond motifs is 1. The minimum atomic E-state index is -3.10. The molecule has 6 rings (SSSR count). The Morgan fingerprint density at radius 1 is 1.05 bits per heavy atom. The van der Waals surface area contributed by atoms with Crippen LogP contribution in [0.1, 0.15) is 36.0 Å². The fraction of sp³-hybridized carbons (Fsp3) is 0.444. The topological polar surface area (TPSA) is 88.4 Å². The summed E-state index contributed by atoms with van der Waals surface area (Å²) in [7, 11) is 1.39. The lowest BCUT2D eigenvalue weighted by molar-refractivity contribution is -0.132. The number of amides is 2. The van der Waals surface area contributed by atoms with E-state index in [4.69, 9.17) is 9.47 Å². The zero-order chi connectivity index (χ0) is 26.4. The number of piperazine rings is 1. The first kappa shape index (κ1) is 24.4. The summed E-state index contributed by atoms with van der Waals surface area (Å²) >= 11 is 0. The zero-order valence-corrected chi connectivity index (χ0v) is 21.0. The second-order valence-corrected chi connectivity index (χ2v) is 10.0. The summed E-state index contributed by atoms with van der Waals surface area (Å²) < 4.78 is 38.6. The second kappa shape index (κ2) is 9.77. The van der Waals surface area contributed by atoms with Crippen LogP contribution in [0.2, 0.25) is 0 Å². The molecular formula is C27H29F2N5O4. The average molecular weight is 526 g/mol. The van der Waals surface area contributed by atoms with E-state index in [2.05, 4.69) is 15.2 Å². The van der Waals surface area contributed by atoms with Crippen molar-refractivity contribution in [1.29, 1.82) is 0 Å². The SMILES string of the molecule is COc1cc(-c2cnc3cc(N4CCN(C(=O)C5CC5)CC4)ccn23)cc(OC(F)F)c1C(=O)NC1CC1. The minimum absolute atomic E-state index is 0.0425. The molecular weight excluding hydrogens is 496 g/mol. The molecule has 2 aromatic heterocycles. The van der Waals surface area contributed by atoms with Crippen molar-refractivity contribution in [1.82, 2.24) is 19.6 Å². The van der Waals surface area contributed by atoms with Gasteiger partial charge in [0.05, 0.1) is 19.0 Å². The number of imidazole rings is 1. The lowest BCUT2D eigenvalue weighted by atomic mass is 10.1. The molecule has 1 N–H and O–H groups in total. The average Bonchev–Trinajstić information content (AvgIpc) is 3.85. The molecule has 0 atom stereocenters. The van der Waals surface area contributed by atoms with Crippen LogP contribution >= 0.6 is 0 Å². The first-order valence-electron chi connectivity index (χ1n) is 12.9. The van der Waals surface area contributed by atoms with E-state index in [1.165, 1.54) is 13.2 Å². The van der Waals surface area contributed by atoms with Gasteiger partial charge >= 0.3 is 6.61 Å². The monoisotopic (exact) mass is 525 g/mol. The molecule has 1 aliphatic heterocycles. The Bertz CT molecular complexity index is 1380. The number of hydrogen-bond donors (Lipinski definition) is 1. The van der Waals surface area contributed by atoms with Crippen LogP contribution in [0, 0.1) is 5.92 Å². The molecule has 3 fully saturated rings. The Balaban J connectivity index is 1.27. The quantitative estimate of drug-likeness (QED) is 0.484. The molecule has 1 saturated heterocycles. The van der Waals surface area contributed by atoms with Crippen molar-refractivity contribution < 1.29 is 27.8 Å². The first-order chi connectivity index (χ1) is 18.4. The summed E-state index contributed by atoms with van der Waals surface area (Å²) in [6, 6.07) is 7.04. The van der Waals surface area contributed by atoms with Crippen molar-refractivity contribution in [2.24, 2.45) is 5.92 Å². The standard InChI is InChI=1S/C27H29F2N5O4/c1-37-21-12-17(13-22(38-27(28)29)24(21)25(35)31-18-4-5-18)20-15-30-23-14-19(6-7-34(20)23)32-8-10-33(11-9-32)26(36)16-2-3-16/h6-7,12-16,18,27H,2-5,8-11H2,1H3,(H,31,35). The van der Waals surface area contributed by atoms with E-state index in [9.17, 15) is 18.4 Å².